The molecule has 1 amide bonds. The quantitative estimate of drug-likeness (QED) is 0.693. The topological polar surface area (TPSA) is 69.8 Å². The van der Waals surface area contributed by atoms with Gasteiger partial charge >= 0.3 is 0 Å². The third-order valence-corrected chi connectivity index (χ3v) is 3.74. The van der Waals surface area contributed by atoms with Gasteiger partial charge in [0.05, 0.1) is 0 Å². The Morgan fingerprint density at radius 1 is 1.27 bits per heavy atom. The van der Waals surface area contributed by atoms with Gasteiger partial charge < -0.3 is 15.6 Å². The number of carbonyl (C=O) groups excluding carboxylic acids is 1. The van der Waals surface area contributed by atoms with Crippen molar-refractivity contribution in [2.24, 2.45) is 0 Å². The predicted octanol–water partition coefficient (Wildman–Crippen LogP) is 2.84. The number of aromatic nitrogens is 2. The maximum atomic E-state index is 11.6. The zero-order chi connectivity index (χ0) is 15.5. The smallest absolute Gasteiger partial charge is 0.251 e. The van der Waals surface area contributed by atoms with E-state index in [2.05, 4.69) is 20.6 Å². The Morgan fingerprint density at radius 3 is 2.91 bits per heavy atom. The molecule has 0 aliphatic carbocycles. The molecule has 3 aromatic rings. The van der Waals surface area contributed by atoms with Crippen LogP contribution in [0.15, 0.2) is 42.7 Å². The number of hydrogen-bond donors (Lipinski definition) is 3. The lowest BCUT2D eigenvalue weighted by molar-refractivity contribution is 0.0963. The second kappa shape index (κ2) is 5.89. The van der Waals surface area contributed by atoms with E-state index in [1.807, 2.05) is 43.5 Å². The highest BCUT2D eigenvalue weighted by Crippen LogP contribution is 2.20. The Balaban J connectivity index is 1.79. The molecule has 0 aliphatic heterocycles. The van der Waals surface area contributed by atoms with Gasteiger partial charge in [-0.05, 0) is 48.4 Å². The van der Waals surface area contributed by atoms with E-state index in [1.165, 1.54) is 5.56 Å². The Hall–Kier alpha value is -2.82. The van der Waals surface area contributed by atoms with E-state index in [9.17, 15) is 4.79 Å². The van der Waals surface area contributed by atoms with Crippen molar-refractivity contribution < 1.29 is 4.79 Å². The molecule has 5 nitrogen and oxygen atoms in total. The van der Waals surface area contributed by atoms with Crippen LogP contribution < -0.4 is 10.6 Å². The maximum Gasteiger partial charge on any atom is 0.251 e. The SMILES string of the molecule is CNC(=O)c1ccc(NCc2ccnc3[nH]ccc23)c(C)c1. The van der Waals surface area contributed by atoms with Crippen LogP contribution in [0.4, 0.5) is 5.69 Å². The Bertz CT molecular complexity index is 822. The summed E-state index contributed by atoms with van der Waals surface area (Å²) >= 11 is 0. The molecule has 3 rings (SSSR count). The number of nitrogens with zero attached hydrogens (tertiary/aromatic N) is 1. The first kappa shape index (κ1) is 14.1. The number of rotatable bonds is 4. The lowest BCUT2D eigenvalue weighted by Crippen LogP contribution is -2.17. The zero-order valence-electron chi connectivity index (χ0n) is 12.6. The van der Waals surface area contributed by atoms with Gasteiger partial charge in [0, 0.05) is 42.6 Å². The number of pyridine rings is 1. The van der Waals surface area contributed by atoms with Gasteiger partial charge in [-0.15, -0.1) is 0 Å². The van der Waals surface area contributed by atoms with Gasteiger partial charge in [-0.2, -0.15) is 0 Å². The molecule has 1 aromatic carbocycles. The summed E-state index contributed by atoms with van der Waals surface area (Å²) in [5, 5.41) is 7.18. The van der Waals surface area contributed by atoms with Crippen LogP contribution in [-0.4, -0.2) is 22.9 Å². The van der Waals surface area contributed by atoms with E-state index < -0.39 is 0 Å². The Kier molecular flexibility index (Phi) is 3.78. The molecule has 5 heteroatoms. The average molecular weight is 294 g/mol. The first-order valence-electron chi connectivity index (χ1n) is 7.16. The Labute approximate surface area is 128 Å². The molecule has 0 fully saturated rings. The zero-order valence-corrected chi connectivity index (χ0v) is 12.6. The molecule has 0 atom stereocenters. The highest BCUT2D eigenvalue weighted by molar-refractivity contribution is 5.94. The summed E-state index contributed by atoms with van der Waals surface area (Å²) in [6.45, 7) is 2.70. The summed E-state index contributed by atoms with van der Waals surface area (Å²) < 4.78 is 0. The molecule has 3 N–H and O–H groups in total. The first-order valence-corrected chi connectivity index (χ1v) is 7.16. The second-order valence-corrected chi connectivity index (χ2v) is 5.17. The lowest BCUT2D eigenvalue weighted by Gasteiger charge is -2.11. The van der Waals surface area contributed by atoms with Crippen molar-refractivity contribution in [3.63, 3.8) is 0 Å². The summed E-state index contributed by atoms with van der Waals surface area (Å²) in [5.41, 5.74) is 4.81. The second-order valence-electron chi connectivity index (χ2n) is 5.17. The summed E-state index contributed by atoms with van der Waals surface area (Å²) in [7, 11) is 1.63. The van der Waals surface area contributed by atoms with Crippen LogP contribution in [0, 0.1) is 6.92 Å². The molecular formula is C17H18N4O. The van der Waals surface area contributed by atoms with E-state index in [0.29, 0.717) is 12.1 Å². The molecule has 0 aliphatic rings. The lowest BCUT2D eigenvalue weighted by atomic mass is 10.1. The van der Waals surface area contributed by atoms with Crippen LogP contribution in [0.5, 0.6) is 0 Å². The molecule has 2 aromatic heterocycles. The summed E-state index contributed by atoms with van der Waals surface area (Å²) in [4.78, 5) is 19.0. The van der Waals surface area contributed by atoms with Crippen molar-refractivity contribution in [2.45, 2.75) is 13.5 Å². The fourth-order valence-electron chi connectivity index (χ4n) is 2.51. The normalized spacial score (nSPS) is 10.6. The number of H-pyrrole nitrogens is 1. The summed E-state index contributed by atoms with van der Waals surface area (Å²) in [6.07, 6.45) is 3.70. The average Bonchev–Trinajstić information content (AvgIpc) is 3.02. The first-order chi connectivity index (χ1) is 10.7. The predicted molar refractivity (Wildman–Crippen MR) is 88.0 cm³/mol. The van der Waals surface area contributed by atoms with Crippen LogP contribution in [0.25, 0.3) is 11.0 Å². The number of anilines is 1. The molecule has 0 bridgehead atoms. The van der Waals surface area contributed by atoms with E-state index in [0.717, 1.165) is 22.3 Å². The van der Waals surface area contributed by atoms with E-state index in [-0.39, 0.29) is 5.91 Å². The van der Waals surface area contributed by atoms with E-state index >= 15 is 0 Å². The number of nitrogens with one attached hydrogen (secondary N) is 3. The molecule has 22 heavy (non-hydrogen) atoms. The summed E-state index contributed by atoms with van der Waals surface area (Å²) in [6, 6.07) is 9.69. The minimum atomic E-state index is -0.0715. The maximum absolute atomic E-state index is 11.6. The molecule has 0 spiro atoms. The number of aromatic amines is 1. The number of amides is 1. The van der Waals surface area contributed by atoms with Gasteiger partial charge in [0.2, 0.25) is 0 Å². The fraction of sp³-hybridized carbons (Fsp3) is 0.176. The summed E-state index contributed by atoms with van der Waals surface area (Å²) in [5.74, 6) is -0.0715. The monoisotopic (exact) mass is 294 g/mol. The highest BCUT2D eigenvalue weighted by atomic mass is 16.1. The van der Waals surface area contributed by atoms with Crippen LogP contribution >= 0.6 is 0 Å². The van der Waals surface area contributed by atoms with Crippen LogP contribution in [0.2, 0.25) is 0 Å². The number of benzene rings is 1. The van der Waals surface area contributed by atoms with Gasteiger partial charge in [0.15, 0.2) is 0 Å². The van der Waals surface area contributed by atoms with E-state index in [4.69, 9.17) is 0 Å². The van der Waals surface area contributed by atoms with Crippen LogP contribution in [0.1, 0.15) is 21.5 Å². The van der Waals surface area contributed by atoms with Gasteiger partial charge in [0.25, 0.3) is 5.91 Å². The molecular weight excluding hydrogens is 276 g/mol. The van der Waals surface area contributed by atoms with Crippen molar-refractivity contribution >= 4 is 22.6 Å². The molecule has 112 valence electrons. The van der Waals surface area contributed by atoms with Gasteiger partial charge in [-0.1, -0.05) is 0 Å². The number of aryl methyl sites for hydroxylation is 1. The minimum Gasteiger partial charge on any atom is -0.381 e. The van der Waals surface area contributed by atoms with Crippen molar-refractivity contribution in [2.75, 3.05) is 12.4 Å². The van der Waals surface area contributed by atoms with Gasteiger partial charge in [-0.25, -0.2) is 4.98 Å². The molecule has 0 saturated heterocycles. The molecule has 0 unspecified atom stereocenters. The minimum absolute atomic E-state index is 0.0715. The van der Waals surface area contributed by atoms with Crippen molar-refractivity contribution in [1.29, 1.82) is 0 Å². The number of carbonyl (C=O) groups is 1. The largest absolute Gasteiger partial charge is 0.381 e. The fourth-order valence-corrected chi connectivity index (χ4v) is 2.51. The number of fused-ring (bicyclic) bond motifs is 1. The number of hydrogen-bond acceptors (Lipinski definition) is 3. The van der Waals surface area contributed by atoms with Crippen molar-refractivity contribution in [3.05, 3.63) is 59.4 Å². The Morgan fingerprint density at radius 2 is 2.14 bits per heavy atom. The van der Waals surface area contributed by atoms with Gasteiger partial charge in [-0.3, -0.25) is 4.79 Å². The van der Waals surface area contributed by atoms with Gasteiger partial charge in [0.1, 0.15) is 5.65 Å². The highest BCUT2D eigenvalue weighted by Gasteiger charge is 2.07. The molecule has 0 radical (unpaired) electrons. The van der Waals surface area contributed by atoms with E-state index in [1.54, 1.807) is 13.2 Å². The van der Waals surface area contributed by atoms with Crippen LogP contribution in [-0.2, 0) is 6.54 Å². The molecule has 2 heterocycles. The third kappa shape index (κ3) is 2.65. The van der Waals surface area contributed by atoms with Crippen molar-refractivity contribution in [3.8, 4) is 0 Å². The van der Waals surface area contributed by atoms with Crippen LogP contribution in [0.3, 0.4) is 0 Å². The molecule has 0 saturated carbocycles. The third-order valence-electron chi connectivity index (χ3n) is 3.74. The van der Waals surface area contributed by atoms with Crippen molar-refractivity contribution in [1.82, 2.24) is 15.3 Å². The standard InChI is InChI=1S/C17H18N4O/c1-11-9-12(17(22)18-2)3-4-15(11)21-10-13-5-7-19-16-14(13)6-8-20-16/h3-9,21H,10H2,1-2H3,(H,18,22)(H,19,20).